The maximum Gasteiger partial charge on any atom is 0.249 e. The summed E-state index contributed by atoms with van der Waals surface area (Å²) in [7, 11) is 6.17. The van der Waals surface area contributed by atoms with Gasteiger partial charge in [0.2, 0.25) is 11.7 Å². The highest BCUT2D eigenvalue weighted by Crippen LogP contribution is 2.38. The molecule has 1 aromatic heterocycles. The van der Waals surface area contributed by atoms with E-state index in [2.05, 4.69) is 6.58 Å². The molecule has 0 radical (unpaired) electrons. The van der Waals surface area contributed by atoms with Gasteiger partial charge < -0.3 is 24.7 Å². The van der Waals surface area contributed by atoms with Gasteiger partial charge >= 0.3 is 0 Å². The average Bonchev–Trinajstić information content (AvgIpc) is 3.36. The number of halogens is 1. The first-order valence-corrected chi connectivity index (χ1v) is 11.6. The van der Waals surface area contributed by atoms with Crippen LogP contribution < -0.4 is 15.2 Å². The van der Waals surface area contributed by atoms with Crippen molar-refractivity contribution in [2.45, 2.75) is 12.7 Å². The van der Waals surface area contributed by atoms with Crippen LogP contribution in [0, 0.1) is 0 Å². The molecule has 37 heavy (non-hydrogen) atoms. The van der Waals surface area contributed by atoms with E-state index < -0.39 is 11.7 Å². The second kappa shape index (κ2) is 11.9. The van der Waals surface area contributed by atoms with Gasteiger partial charge in [-0.15, -0.1) is 0 Å². The van der Waals surface area contributed by atoms with E-state index >= 15 is 0 Å². The molecule has 0 spiro atoms. The quantitative estimate of drug-likeness (QED) is 0.213. The van der Waals surface area contributed by atoms with Gasteiger partial charge in [-0.3, -0.25) is 4.79 Å². The third kappa shape index (κ3) is 5.61. The molecular formula is C28H30ClN3O5. The number of rotatable bonds is 11. The molecule has 0 aliphatic carbocycles. The summed E-state index contributed by atoms with van der Waals surface area (Å²) in [4.78, 5) is 12.0. The van der Waals surface area contributed by atoms with Crippen LogP contribution >= 0.6 is 11.6 Å². The summed E-state index contributed by atoms with van der Waals surface area (Å²) in [6, 6.07) is 16.9. The minimum atomic E-state index is -1.53. The van der Waals surface area contributed by atoms with E-state index in [1.54, 1.807) is 25.8 Å². The zero-order valence-corrected chi connectivity index (χ0v) is 22.2. The van der Waals surface area contributed by atoms with E-state index in [1.807, 2.05) is 54.6 Å². The number of carbonyl (C=O) groups is 1. The molecule has 3 rings (SSSR count). The Bertz CT molecular complexity index is 1250. The summed E-state index contributed by atoms with van der Waals surface area (Å²) in [5.41, 5.74) is 8.83. The number of methoxy groups -OCH3 is 4. The molecule has 0 unspecified atom stereocenters. The van der Waals surface area contributed by atoms with E-state index in [-0.39, 0.29) is 10.6 Å². The summed E-state index contributed by atoms with van der Waals surface area (Å²) in [5, 5.41) is 5.09. The number of nitrogens with zero attached hydrogens (tertiary/aromatic N) is 2. The molecule has 1 amide bonds. The van der Waals surface area contributed by atoms with Crippen LogP contribution in [0.15, 0.2) is 89.5 Å². The predicted octanol–water partition coefficient (Wildman–Crippen LogP) is 5.11. The number of allylic oxidation sites excluding steroid dienone is 1. The van der Waals surface area contributed by atoms with Crippen LogP contribution in [-0.4, -0.2) is 44.1 Å². The van der Waals surface area contributed by atoms with Crippen LogP contribution in [0.2, 0.25) is 0 Å². The number of nitrogens with two attached hydrogens (primary N) is 1. The SMILES string of the molecule is C=C/C(=C\C(C(N)=O)=C(/C)Cl)C(OC)(OC)c1cc(-c2ccc(OC)cc2)n(-c2ccc(OC)cc2)n1. The second-order valence-corrected chi connectivity index (χ2v) is 8.46. The van der Waals surface area contributed by atoms with Crippen molar-refractivity contribution < 1.29 is 23.7 Å². The molecule has 1 heterocycles. The smallest absolute Gasteiger partial charge is 0.249 e. The average molecular weight is 524 g/mol. The van der Waals surface area contributed by atoms with Gasteiger partial charge in [0, 0.05) is 30.4 Å². The lowest BCUT2D eigenvalue weighted by Gasteiger charge is -2.30. The monoisotopic (exact) mass is 523 g/mol. The molecule has 9 heteroatoms. The summed E-state index contributed by atoms with van der Waals surface area (Å²) < 4.78 is 24.2. The Kier molecular flexibility index (Phi) is 8.94. The number of amides is 1. The normalized spacial score (nSPS) is 12.6. The molecule has 8 nitrogen and oxygen atoms in total. The van der Waals surface area contributed by atoms with Gasteiger partial charge in [-0.25, -0.2) is 4.68 Å². The molecule has 2 N–H and O–H groups in total. The molecule has 194 valence electrons. The first-order chi connectivity index (χ1) is 17.7. The highest BCUT2D eigenvalue weighted by atomic mass is 35.5. The summed E-state index contributed by atoms with van der Waals surface area (Å²) in [5.74, 6) is -0.796. The number of benzene rings is 2. The maximum absolute atomic E-state index is 12.0. The largest absolute Gasteiger partial charge is 0.497 e. The van der Waals surface area contributed by atoms with Crippen molar-refractivity contribution in [2.24, 2.45) is 5.73 Å². The van der Waals surface area contributed by atoms with E-state index in [1.165, 1.54) is 26.4 Å². The lowest BCUT2D eigenvalue weighted by molar-refractivity contribution is -0.187. The number of primary amides is 1. The number of carbonyl (C=O) groups excluding carboxylic acids is 1. The minimum Gasteiger partial charge on any atom is -0.497 e. The fourth-order valence-corrected chi connectivity index (χ4v) is 4.04. The van der Waals surface area contributed by atoms with Crippen molar-refractivity contribution in [1.29, 1.82) is 0 Å². The minimum absolute atomic E-state index is 0.0972. The summed E-state index contributed by atoms with van der Waals surface area (Å²) in [6.45, 7) is 5.47. The summed E-state index contributed by atoms with van der Waals surface area (Å²) in [6.07, 6.45) is 3.00. The zero-order chi connectivity index (χ0) is 27.2. The van der Waals surface area contributed by atoms with E-state index in [0.717, 1.165) is 22.7 Å². The molecule has 0 fully saturated rings. The number of hydrogen-bond donors (Lipinski definition) is 1. The van der Waals surface area contributed by atoms with Gasteiger partial charge in [0.1, 0.15) is 17.2 Å². The van der Waals surface area contributed by atoms with Crippen molar-refractivity contribution in [3.8, 4) is 28.4 Å². The van der Waals surface area contributed by atoms with Gasteiger partial charge in [-0.2, -0.15) is 5.10 Å². The number of aromatic nitrogens is 2. The second-order valence-electron chi connectivity index (χ2n) is 7.89. The third-order valence-electron chi connectivity index (χ3n) is 5.86. The Balaban J connectivity index is 2.30. The van der Waals surface area contributed by atoms with Crippen molar-refractivity contribution in [3.63, 3.8) is 0 Å². The lowest BCUT2D eigenvalue weighted by Crippen LogP contribution is -2.34. The standard InChI is InChI=1S/C28H30ClN3O5/c1-7-20(16-24(18(2)29)27(30)33)28(36-5,37-6)26-17-25(19-8-12-22(34-3)13-9-19)32(31-26)21-10-14-23(35-4)15-11-21/h7-17H,1H2,2-6H3,(H2,30,33)/b20-16+,24-18-. The molecule has 3 aromatic rings. The van der Waals surface area contributed by atoms with Gasteiger partial charge in [0.25, 0.3) is 0 Å². The molecule has 2 aromatic carbocycles. The van der Waals surface area contributed by atoms with Crippen LogP contribution in [0.3, 0.4) is 0 Å². The van der Waals surface area contributed by atoms with E-state index in [0.29, 0.717) is 17.0 Å². The van der Waals surface area contributed by atoms with Crippen LogP contribution in [0.4, 0.5) is 0 Å². The van der Waals surface area contributed by atoms with E-state index in [9.17, 15) is 4.79 Å². The first kappa shape index (κ1) is 27.7. The Morgan fingerprint density at radius 3 is 1.97 bits per heavy atom. The van der Waals surface area contributed by atoms with Gasteiger partial charge in [0.05, 0.1) is 31.2 Å². The van der Waals surface area contributed by atoms with Gasteiger partial charge in [0.15, 0.2) is 0 Å². The molecule has 0 saturated heterocycles. The van der Waals surface area contributed by atoms with Crippen molar-refractivity contribution in [1.82, 2.24) is 9.78 Å². The zero-order valence-electron chi connectivity index (χ0n) is 21.4. The van der Waals surface area contributed by atoms with Crippen molar-refractivity contribution >= 4 is 17.5 Å². The van der Waals surface area contributed by atoms with Crippen LogP contribution in [0.1, 0.15) is 12.6 Å². The van der Waals surface area contributed by atoms with Gasteiger partial charge in [-0.1, -0.05) is 24.3 Å². The molecule has 0 saturated carbocycles. The molecule has 0 bridgehead atoms. The highest BCUT2D eigenvalue weighted by molar-refractivity contribution is 6.31. The fraction of sp³-hybridized carbons (Fsp3) is 0.214. The van der Waals surface area contributed by atoms with Crippen LogP contribution in [0.5, 0.6) is 11.5 Å². The number of hydrogen-bond acceptors (Lipinski definition) is 6. The number of ether oxygens (including phenoxy) is 4. The van der Waals surface area contributed by atoms with Gasteiger partial charge in [-0.05, 0) is 67.6 Å². The van der Waals surface area contributed by atoms with Crippen LogP contribution in [0.25, 0.3) is 16.9 Å². The molecule has 0 aliphatic rings. The van der Waals surface area contributed by atoms with Crippen molar-refractivity contribution in [3.05, 3.63) is 95.2 Å². The molecular weight excluding hydrogens is 494 g/mol. The Morgan fingerprint density at radius 2 is 1.54 bits per heavy atom. The Labute approximate surface area is 221 Å². The Morgan fingerprint density at radius 1 is 1.00 bits per heavy atom. The predicted molar refractivity (Wildman–Crippen MR) is 144 cm³/mol. The van der Waals surface area contributed by atoms with Crippen LogP contribution in [-0.2, 0) is 20.1 Å². The molecule has 0 aliphatic heterocycles. The van der Waals surface area contributed by atoms with E-state index in [4.69, 9.17) is 41.4 Å². The Hall–Kier alpha value is -3.85. The summed E-state index contributed by atoms with van der Waals surface area (Å²) >= 11 is 6.14. The molecule has 0 atom stereocenters. The topological polar surface area (TPSA) is 97.8 Å². The third-order valence-corrected chi connectivity index (χ3v) is 6.06. The fourth-order valence-electron chi connectivity index (χ4n) is 3.89. The lowest BCUT2D eigenvalue weighted by atomic mass is 9.98. The van der Waals surface area contributed by atoms with Crippen molar-refractivity contribution in [2.75, 3.05) is 28.4 Å². The first-order valence-electron chi connectivity index (χ1n) is 11.2. The highest BCUT2D eigenvalue weighted by Gasteiger charge is 2.39. The maximum atomic E-state index is 12.0.